The third kappa shape index (κ3) is 4.15. The van der Waals surface area contributed by atoms with E-state index in [4.69, 9.17) is 9.92 Å². The fraction of sp³-hybridized carbons (Fsp3) is 0.208. The van der Waals surface area contributed by atoms with Gasteiger partial charge in [0.1, 0.15) is 11.5 Å². The van der Waals surface area contributed by atoms with Gasteiger partial charge in [0, 0.05) is 35.2 Å². The molecular formula is C24H25NO10S. The Balaban J connectivity index is 1.96. The second-order valence-corrected chi connectivity index (χ2v) is 11.3. The summed E-state index contributed by atoms with van der Waals surface area (Å²) in [5.41, 5.74) is 6.11. The number of phenols is 7. The lowest BCUT2D eigenvalue weighted by Gasteiger charge is -2.51. The van der Waals surface area contributed by atoms with E-state index in [0.29, 0.717) is 5.56 Å². The third-order valence-electron chi connectivity index (χ3n) is 5.99. The number of phenolic OH excluding ortho intramolecular Hbond substituents is 7. The van der Waals surface area contributed by atoms with E-state index < -0.39 is 56.4 Å². The Morgan fingerprint density at radius 1 is 0.889 bits per heavy atom. The smallest absolute Gasteiger partial charge is 0.349 e. The molecule has 4 rings (SSSR count). The van der Waals surface area contributed by atoms with Gasteiger partial charge in [0.05, 0.1) is 16.9 Å². The minimum atomic E-state index is -3.07. The molecule has 0 aliphatic carbocycles. The van der Waals surface area contributed by atoms with E-state index in [1.54, 1.807) is 0 Å². The Morgan fingerprint density at radius 2 is 1.56 bits per heavy atom. The Morgan fingerprint density at radius 3 is 2.17 bits per heavy atom. The van der Waals surface area contributed by atoms with E-state index in [-0.39, 0.29) is 46.2 Å². The molecule has 0 bridgehead atoms. The number of carbonyl (C=O) groups excluding carboxylic acids is 1. The second kappa shape index (κ2) is 9.22. The number of benzene rings is 3. The molecule has 0 saturated carbocycles. The summed E-state index contributed by atoms with van der Waals surface area (Å²) in [4.78, 5) is 13.6. The predicted octanol–water partition coefficient (Wildman–Crippen LogP) is 2.18. The van der Waals surface area contributed by atoms with Gasteiger partial charge in [-0.25, -0.2) is 4.79 Å². The van der Waals surface area contributed by atoms with Crippen molar-refractivity contribution in [2.24, 2.45) is 5.73 Å². The normalized spacial score (nSPS) is 22.8. The third-order valence-corrected chi connectivity index (χ3v) is 9.80. The first-order valence-electron chi connectivity index (χ1n) is 10.7. The fourth-order valence-electron chi connectivity index (χ4n) is 4.45. The van der Waals surface area contributed by atoms with Gasteiger partial charge in [-0.05, 0) is 35.9 Å². The molecule has 0 radical (unpaired) electrons. The first kappa shape index (κ1) is 25.1. The van der Waals surface area contributed by atoms with Gasteiger partial charge in [-0.2, -0.15) is 0 Å². The van der Waals surface area contributed by atoms with Crippen LogP contribution in [0, 0.1) is 0 Å². The van der Waals surface area contributed by atoms with Crippen LogP contribution in [0.25, 0.3) is 0 Å². The molecule has 0 spiro atoms. The van der Waals surface area contributed by atoms with E-state index >= 15 is 0 Å². The molecule has 1 heterocycles. The zero-order valence-corrected chi connectivity index (χ0v) is 19.5. The maximum atomic E-state index is 13.4. The van der Waals surface area contributed by atoms with Crippen LogP contribution < -0.4 is 5.73 Å². The molecule has 0 aromatic heterocycles. The summed E-state index contributed by atoms with van der Waals surface area (Å²) in [7, 11) is -3.07. The lowest BCUT2D eigenvalue weighted by molar-refractivity contribution is 0.0746. The summed E-state index contributed by atoms with van der Waals surface area (Å²) in [5.74, 6) is -5.04. The standard InChI is InChI=1S/C24H25NO10S/c25-3-4-36(35-24(34)12-6-18(30)22(33)19(31)7-12)21-9-13(26)8-16(28)14(21)10-20(32)23(36)11-1-2-15(27)17(29)5-11/h1-2,5-9,20,23,26-33H,3-4,10,25H2/t20-,23+/m1/s1. The molecule has 36 heavy (non-hydrogen) atoms. The van der Waals surface area contributed by atoms with E-state index in [0.717, 1.165) is 18.2 Å². The summed E-state index contributed by atoms with van der Waals surface area (Å²) in [6, 6.07) is 8.00. The second-order valence-electron chi connectivity index (χ2n) is 8.33. The number of aliphatic hydroxyl groups is 1. The van der Waals surface area contributed by atoms with Crippen LogP contribution >= 0.6 is 10.3 Å². The van der Waals surface area contributed by atoms with Crippen molar-refractivity contribution in [1.82, 2.24) is 0 Å². The van der Waals surface area contributed by atoms with Crippen LogP contribution in [0.3, 0.4) is 0 Å². The van der Waals surface area contributed by atoms with Crippen LogP contribution in [0.2, 0.25) is 0 Å². The van der Waals surface area contributed by atoms with Gasteiger partial charge in [0.25, 0.3) is 0 Å². The molecule has 1 unspecified atom stereocenters. The van der Waals surface area contributed by atoms with Crippen LogP contribution in [-0.2, 0) is 10.6 Å². The minimum absolute atomic E-state index is 0.0476. The highest BCUT2D eigenvalue weighted by Crippen LogP contribution is 2.72. The molecule has 3 atom stereocenters. The monoisotopic (exact) mass is 519 g/mol. The van der Waals surface area contributed by atoms with Crippen LogP contribution in [0.1, 0.15) is 26.7 Å². The number of fused-ring (bicyclic) bond motifs is 1. The lowest BCUT2D eigenvalue weighted by atomic mass is 9.98. The number of aliphatic hydroxyl groups excluding tert-OH is 1. The van der Waals surface area contributed by atoms with Crippen molar-refractivity contribution in [1.29, 1.82) is 0 Å². The molecule has 1 aliphatic heterocycles. The Kier molecular flexibility index (Phi) is 6.43. The maximum absolute atomic E-state index is 13.4. The highest BCUT2D eigenvalue weighted by Gasteiger charge is 2.49. The van der Waals surface area contributed by atoms with E-state index in [1.807, 2.05) is 0 Å². The van der Waals surface area contributed by atoms with Crippen LogP contribution in [0.5, 0.6) is 40.2 Å². The van der Waals surface area contributed by atoms with Crippen molar-refractivity contribution in [3.63, 3.8) is 0 Å². The van der Waals surface area contributed by atoms with Gasteiger partial charge in [-0.3, -0.25) is 0 Å². The summed E-state index contributed by atoms with van der Waals surface area (Å²) in [6.07, 6.45) is -1.35. The van der Waals surface area contributed by atoms with E-state index in [9.17, 15) is 45.6 Å². The van der Waals surface area contributed by atoms with Gasteiger partial charge in [0.15, 0.2) is 28.7 Å². The van der Waals surface area contributed by atoms with E-state index in [1.165, 1.54) is 24.3 Å². The van der Waals surface area contributed by atoms with Gasteiger partial charge in [-0.15, -0.1) is 0 Å². The highest BCUT2D eigenvalue weighted by molar-refractivity contribution is 8.30. The van der Waals surface area contributed by atoms with Crippen molar-refractivity contribution in [2.45, 2.75) is 22.7 Å². The van der Waals surface area contributed by atoms with Crippen molar-refractivity contribution in [2.75, 3.05) is 12.3 Å². The molecule has 3 aromatic carbocycles. The van der Waals surface area contributed by atoms with Crippen LogP contribution in [0.15, 0.2) is 47.4 Å². The minimum Gasteiger partial charge on any atom is -0.508 e. The number of aromatic hydroxyl groups is 7. The molecule has 10 N–H and O–H groups in total. The Hall–Kier alpha value is -4.00. The van der Waals surface area contributed by atoms with E-state index in [2.05, 4.69) is 0 Å². The highest BCUT2D eigenvalue weighted by atomic mass is 32.3. The van der Waals surface area contributed by atoms with Crippen molar-refractivity contribution < 1.29 is 49.8 Å². The summed E-state index contributed by atoms with van der Waals surface area (Å²) < 4.78 is 6.03. The van der Waals surface area contributed by atoms with Gasteiger partial charge in [-0.1, -0.05) is 16.4 Å². The number of rotatable bonds is 5. The first-order chi connectivity index (χ1) is 17.0. The van der Waals surface area contributed by atoms with Gasteiger partial charge < -0.3 is 50.8 Å². The summed E-state index contributed by atoms with van der Waals surface area (Å²) in [6.45, 7) is -0.0577. The molecule has 0 fully saturated rings. The molecule has 0 amide bonds. The average Bonchev–Trinajstić information content (AvgIpc) is 2.80. The SMILES string of the molecule is NCCS1(OC(=O)c2cc(O)c(O)c(O)c2)c2cc(O)cc(O)c2C[C@@H](O)[C@@H]1c1ccc(O)c(O)c1. The van der Waals surface area contributed by atoms with Crippen molar-refractivity contribution in [3.05, 3.63) is 59.2 Å². The molecule has 12 heteroatoms. The topological polar surface area (TPSA) is 214 Å². The maximum Gasteiger partial charge on any atom is 0.349 e. The molecule has 192 valence electrons. The quantitative estimate of drug-likeness (QED) is 0.223. The first-order valence-corrected chi connectivity index (χ1v) is 12.5. The van der Waals surface area contributed by atoms with Gasteiger partial charge >= 0.3 is 5.97 Å². The number of nitrogens with two attached hydrogens (primary N) is 1. The zero-order chi connectivity index (χ0) is 26.4. The Labute approximate surface area is 206 Å². The van der Waals surface area contributed by atoms with Crippen molar-refractivity contribution in [3.8, 4) is 40.2 Å². The summed E-state index contributed by atoms with van der Waals surface area (Å²) in [5, 5.41) is 80.4. The zero-order valence-electron chi connectivity index (χ0n) is 18.7. The molecular weight excluding hydrogens is 494 g/mol. The molecule has 1 aliphatic rings. The molecule has 11 nitrogen and oxygen atoms in total. The van der Waals surface area contributed by atoms with Crippen LogP contribution in [-0.4, -0.2) is 65.2 Å². The lowest BCUT2D eigenvalue weighted by Crippen LogP contribution is -2.36. The summed E-state index contributed by atoms with van der Waals surface area (Å²) >= 11 is 0. The fourth-order valence-corrected chi connectivity index (χ4v) is 8.31. The largest absolute Gasteiger partial charge is 0.508 e. The number of hydrogen-bond acceptors (Lipinski definition) is 11. The molecule has 0 saturated heterocycles. The predicted molar refractivity (Wildman–Crippen MR) is 129 cm³/mol. The number of carbonyl (C=O) groups is 1. The average molecular weight is 520 g/mol. The molecule has 3 aromatic rings. The van der Waals surface area contributed by atoms with Crippen molar-refractivity contribution >= 4 is 16.3 Å². The van der Waals surface area contributed by atoms with Gasteiger partial charge in [0.2, 0.25) is 0 Å². The Bertz CT molecular complexity index is 1320. The number of hydrogen-bond donors (Lipinski definition) is 9. The van der Waals surface area contributed by atoms with Crippen LogP contribution in [0.4, 0.5) is 0 Å².